The molecule has 108 valence electrons. The van der Waals surface area contributed by atoms with Gasteiger partial charge in [-0.25, -0.2) is 0 Å². The number of amides is 1. The Balaban J connectivity index is 1.68. The highest BCUT2D eigenvalue weighted by Crippen LogP contribution is 2.41. The molecule has 20 heavy (non-hydrogen) atoms. The molecule has 1 heterocycles. The lowest BCUT2D eigenvalue weighted by molar-refractivity contribution is -0.127. The van der Waals surface area contributed by atoms with Crippen molar-refractivity contribution in [3.8, 4) is 0 Å². The average Bonchev–Trinajstić information content (AvgIpc) is 3.19. The number of halogens is 1. The van der Waals surface area contributed by atoms with Crippen LogP contribution in [0.4, 0.5) is 0 Å². The summed E-state index contributed by atoms with van der Waals surface area (Å²) in [5.74, 6) is 1.35. The van der Waals surface area contributed by atoms with Crippen molar-refractivity contribution in [2.45, 2.75) is 25.8 Å². The van der Waals surface area contributed by atoms with E-state index in [-0.39, 0.29) is 17.9 Å². The zero-order valence-electron chi connectivity index (χ0n) is 11.7. The van der Waals surface area contributed by atoms with Crippen molar-refractivity contribution in [1.29, 1.82) is 0 Å². The summed E-state index contributed by atoms with van der Waals surface area (Å²) in [5.41, 5.74) is 1.17. The van der Waals surface area contributed by atoms with Gasteiger partial charge < -0.3 is 10.6 Å². The molecule has 1 aromatic rings. The Labute approximate surface area is 125 Å². The molecule has 3 rings (SSSR count). The molecule has 1 aromatic carbocycles. The van der Waals surface area contributed by atoms with E-state index >= 15 is 0 Å². The summed E-state index contributed by atoms with van der Waals surface area (Å²) in [6, 6.07) is 8.01. The summed E-state index contributed by atoms with van der Waals surface area (Å²) in [6.07, 6.45) is 2.40. The summed E-state index contributed by atoms with van der Waals surface area (Å²) in [7, 11) is 0. The molecule has 0 radical (unpaired) electrons. The second kappa shape index (κ2) is 5.74. The van der Waals surface area contributed by atoms with Crippen molar-refractivity contribution < 1.29 is 4.79 Å². The van der Waals surface area contributed by atoms with E-state index < -0.39 is 0 Å². The van der Waals surface area contributed by atoms with Gasteiger partial charge in [0.05, 0.1) is 6.04 Å². The Morgan fingerprint density at radius 1 is 1.25 bits per heavy atom. The van der Waals surface area contributed by atoms with Gasteiger partial charge in [0, 0.05) is 10.9 Å². The van der Waals surface area contributed by atoms with Gasteiger partial charge in [0.1, 0.15) is 0 Å². The van der Waals surface area contributed by atoms with Gasteiger partial charge in [-0.15, -0.1) is 0 Å². The molecule has 2 N–H and O–H groups in total. The lowest BCUT2D eigenvalue weighted by Gasteiger charge is -2.33. The third kappa shape index (κ3) is 2.99. The second-order valence-corrected chi connectivity index (χ2v) is 6.52. The van der Waals surface area contributed by atoms with Gasteiger partial charge in [-0.2, -0.15) is 0 Å². The number of hydrogen-bond acceptors (Lipinski definition) is 2. The number of nitrogens with one attached hydrogen (secondary N) is 2. The van der Waals surface area contributed by atoms with Crippen LogP contribution in [0.2, 0.25) is 5.02 Å². The fourth-order valence-electron chi connectivity index (χ4n) is 2.74. The number of benzene rings is 1. The largest absolute Gasteiger partial charge is 0.349 e. The minimum atomic E-state index is 0.0878. The second-order valence-electron chi connectivity index (χ2n) is 6.08. The molecular formula is C16H21ClN2O. The molecule has 1 aliphatic carbocycles. The van der Waals surface area contributed by atoms with Crippen molar-refractivity contribution in [1.82, 2.24) is 10.6 Å². The molecule has 2 aliphatic rings. The average molecular weight is 293 g/mol. The maximum Gasteiger partial charge on any atom is 0.223 e. The lowest BCUT2D eigenvalue weighted by atomic mass is 9.88. The maximum atomic E-state index is 12.4. The van der Waals surface area contributed by atoms with E-state index in [4.69, 9.17) is 11.6 Å². The molecule has 1 saturated carbocycles. The monoisotopic (exact) mass is 292 g/mol. The highest BCUT2D eigenvalue weighted by molar-refractivity contribution is 6.30. The van der Waals surface area contributed by atoms with Crippen LogP contribution in [0, 0.1) is 17.8 Å². The van der Waals surface area contributed by atoms with Crippen LogP contribution < -0.4 is 10.6 Å². The molecule has 0 spiro atoms. The zero-order chi connectivity index (χ0) is 14.1. The van der Waals surface area contributed by atoms with Gasteiger partial charge in [0.25, 0.3) is 0 Å². The van der Waals surface area contributed by atoms with Crippen LogP contribution in [0.25, 0.3) is 0 Å². The van der Waals surface area contributed by atoms with Crippen LogP contribution in [0.3, 0.4) is 0 Å². The predicted octanol–water partition coefficient (Wildman–Crippen LogP) is 2.76. The molecule has 0 bridgehead atoms. The lowest BCUT2D eigenvalue weighted by Crippen LogP contribution is -2.50. The van der Waals surface area contributed by atoms with E-state index in [2.05, 4.69) is 10.6 Å². The van der Waals surface area contributed by atoms with Crippen LogP contribution >= 0.6 is 11.6 Å². The normalized spacial score (nSPS) is 21.9. The molecule has 1 amide bonds. The summed E-state index contributed by atoms with van der Waals surface area (Å²) < 4.78 is 0. The van der Waals surface area contributed by atoms with E-state index in [9.17, 15) is 4.79 Å². The first-order valence-electron chi connectivity index (χ1n) is 7.41. The van der Waals surface area contributed by atoms with Crippen molar-refractivity contribution in [2.24, 2.45) is 17.8 Å². The van der Waals surface area contributed by atoms with E-state index in [1.807, 2.05) is 31.2 Å². The van der Waals surface area contributed by atoms with Crippen LogP contribution in [0.1, 0.15) is 31.4 Å². The van der Waals surface area contributed by atoms with Gasteiger partial charge >= 0.3 is 0 Å². The highest BCUT2D eigenvalue weighted by atomic mass is 35.5. The van der Waals surface area contributed by atoms with Gasteiger partial charge in [-0.05, 0) is 55.5 Å². The third-order valence-corrected chi connectivity index (χ3v) is 4.81. The number of hydrogen-bond donors (Lipinski definition) is 2. The molecule has 0 aromatic heterocycles. The molecule has 2 fully saturated rings. The van der Waals surface area contributed by atoms with Crippen LogP contribution in [-0.2, 0) is 4.79 Å². The molecule has 1 saturated heterocycles. The smallest absolute Gasteiger partial charge is 0.223 e. The first-order valence-corrected chi connectivity index (χ1v) is 7.79. The summed E-state index contributed by atoms with van der Waals surface area (Å²) in [6.45, 7) is 3.96. The zero-order valence-corrected chi connectivity index (χ0v) is 12.5. The Hall–Kier alpha value is -1.06. The summed E-state index contributed by atoms with van der Waals surface area (Å²) in [5, 5.41) is 7.22. The molecule has 4 heteroatoms. The van der Waals surface area contributed by atoms with Crippen LogP contribution in [0.5, 0.6) is 0 Å². The Morgan fingerprint density at radius 2 is 1.90 bits per heavy atom. The molecule has 1 aliphatic heterocycles. The quantitative estimate of drug-likeness (QED) is 0.876. The van der Waals surface area contributed by atoms with Gasteiger partial charge in [-0.1, -0.05) is 30.7 Å². The fraction of sp³-hybridized carbons (Fsp3) is 0.562. The number of carbonyl (C=O) groups excluding carboxylic acids is 1. The minimum Gasteiger partial charge on any atom is -0.349 e. The SMILES string of the molecule is CC(C(=O)NC(c1ccc(Cl)cc1)C1CC1)C1CNC1. The molecule has 2 atom stereocenters. The van der Waals surface area contributed by atoms with Crippen LogP contribution in [0.15, 0.2) is 24.3 Å². The topological polar surface area (TPSA) is 41.1 Å². The minimum absolute atomic E-state index is 0.0878. The molecule has 2 unspecified atom stereocenters. The van der Waals surface area contributed by atoms with E-state index in [0.29, 0.717) is 11.8 Å². The predicted molar refractivity (Wildman–Crippen MR) is 80.6 cm³/mol. The van der Waals surface area contributed by atoms with Gasteiger partial charge in [-0.3, -0.25) is 4.79 Å². The van der Waals surface area contributed by atoms with Crippen molar-refractivity contribution in [2.75, 3.05) is 13.1 Å². The Bertz CT molecular complexity index is 480. The Kier molecular flexibility index (Phi) is 3.99. The first kappa shape index (κ1) is 13.9. The maximum absolute atomic E-state index is 12.4. The summed E-state index contributed by atoms with van der Waals surface area (Å²) >= 11 is 5.94. The van der Waals surface area contributed by atoms with Crippen molar-refractivity contribution in [3.63, 3.8) is 0 Å². The van der Waals surface area contributed by atoms with E-state index in [1.165, 1.54) is 18.4 Å². The molecular weight excluding hydrogens is 272 g/mol. The third-order valence-electron chi connectivity index (χ3n) is 4.55. The number of carbonyl (C=O) groups is 1. The summed E-state index contributed by atoms with van der Waals surface area (Å²) in [4.78, 5) is 12.4. The van der Waals surface area contributed by atoms with Gasteiger partial charge in [0.2, 0.25) is 5.91 Å². The van der Waals surface area contributed by atoms with E-state index in [1.54, 1.807) is 0 Å². The van der Waals surface area contributed by atoms with Crippen molar-refractivity contribution in [3.05, 3.63) is 34.9 Å². The Morgan fingerprint density at radius 3 is 2.40 bits per heavy atom. The first-order chi connectivity index (χ1) is 9.65. The highest BCUT2D eigenvalue weighted by Gasteiger charge is 2.36. The van der Waals surface area contributed by atoms with Gasteiger partial charge in [0.15, 0.2) is 0 Å². The molecule has 3 nitrogen and oxygen atoms in total. The fourth-order valence-corrected chi connectivity index (χ4v) is 2.86. The van der Waals surface area contributed by atoms with Crippen molar-refractivity contribution >= 4 is 17.5 Å². The standard InChI is InChI=1S/C16H21ClN2O/c1-10(13-8-18-9-13)16(20)19-15(11-2-3-11)12-4-6-14(17)7-5-12/h4-7,10-11,13,15,18H,2-3,8-9H2,1H3,(H,19,20). The van der Waals surface area contributed by atoms with E-state index in [0.717, 1.165) is 18.1 Å². The van der Waals surface area contributed by atoms with Crippen LogP contribution in [-0.4, -0.2) is 19.0 Å². The number of rotatable bonds is 5.